The Hall–Kier alpha value is -2.33. The number of nitrogens with two attached hydrogens (primary N) is 1. The molecule has 0 saturated heterocycles. The standard InChI is InChI=1S/C14H8ClF4NO4S/c15-7-3-8(16)5-9(4-7)24-12-2-1-10(6-11(12)13(20)21)25(22,23)14(17,18)19/h1-6H,(H2,20,21). The van der Waals surface area contributed by atoms with Crippen molar-refractivity contribution in [2.75, 3.05) is 0 Å². The van der Waals surface area contributed by atoms with E-state index in [1.807, 2.05) is 0 Å². The van der Waals surface area contributed by atoms with Crippen LogP contribution in [0.15, 0.2) is 41.3 Å². The highest BCUT2D eigenvalue weighted by atomic mass is 35.5. The van der Waals surface area contributed by atoms with Gasteiger partial charge in [0.15, 0.2) is 0 Å². The van der Waals surface area contributed by atoms with E-state index in [1.54, 1.807) is 0 Å². The lowest BCUT2D eigenvalue weighted by atomic mass is 10.2. The van der Waals surface area contributed by atoms with E-state index in [0.29, 0.717) is 12.1 Å². The lowest BCUT2D eigenvalue weighted by Gasteiger charge is -2.13. The quantitative estimate of drug-likeness (QED) is 0.798. The second-order valence-electron chi connectivity index (χ2n) is 4.68. The van der Waals surface area contributed by atoms with Gasteiger partial charge in [-0.05, 0) is 30.3 Å². The Bertz CT molecular complexity index is 924. The van der Waals surface area contributed by atoms with Gasteiger partial charge >= 0.3 is 5.51 Å². The van der Waals surface area contributed by atoms with Crippen LogP contribution in [-0.2, 0) is 9.84 Å². The first-order valence-electron chi connectivity index (χ1n) is 6.31. The van der Waals surface area contributed by atoms with Crippen LogP contribution in [0.2, 0.25) is 5.02 Å². The molecular formula is C14H8ClF4NO4S. The molecule has 1 amide bonds. The molecule has 2 rings (SSSR count). The fourth-order valence-electron chi connectivity index (χ4n) is 1.81. The summed E-state index contributed by atoms with van der Waals surface area (Å²) >= 11 is 5.64. The maximum Gasteiger partial charge on any atom is 0.501 e. The maximum absolute atomic E-state index is 13.3. The number of amides is 1. The molecule has 0 saturated carbocycles. The van der Waals surface area contributed by atoms with Crippen LogP contribution in [0, 0.1) is 5.82 Å². The van der Waals surface area contributed by atoms with Gasteiger partial charge in [0, 0.05) is 11.1 Å². The van der Waals surface area contributed by atoms with Crippen molar-refractivity contribution in [2.45, 2.75) is 10.4 Å². The van der Waals surface area contributed by atoms with E-state index in [0.717, 1.165) is 18.2 Å². The Morgan fingerprint density at radius 2 is 1.76 bits per heavy atom. The predicted octanol–water partition coefficient (Wildman–Crippen LogP) is 3.66. The highest BCUT2D eigenvalue weighted by Crippen LogP contribution is 2.34. The summed E-state index contributed by atoms with van der Waals surface area (Å²) < 4.78 is 79.1. The molecule has 0 unspecified atom stereocenters. The Balaban J connectivity index is 2.52. The smallest absolute Gasteiger partial charge is 0.456 e. The molecule has 0 spiro atoms. The molecule has 0 aliphatic rings. The Morgan fingerprint density at radius 1 is 1.12 bits per heavy atom. The van der Waals surface area contributed by atoms with Crippen LogP contribution >= 0.6 is 11.6 Å². The molecule has 2 aromatic carbocycles. The van der Waals surface area contributed by atoms with E-state index in [1.165, 1.54) is 6.07 Å². The molecule has 0 atom stereocenters. The monoisotopic (exact) mass is 397 g/mol. The molecular weight excluding hydrogens is 390 g/mol. The van der Waals surface area contributed by atoms with E-state index >= 15 is 0 Å². The number of alkyl halides is 3. The van der Waals surface area contributed by atoms with Crippen LogP contribution in [0.3, 0.4) is 0 Å². The zero-order chi connectivity index (χ0) is 19.0. The topological polar surface area (TPSA) is 86.5 Å². The van der Waals surface area contributed by atoms with Gasteiger partial charge in [0.2, 0.25) is 0 Å². The van der Waals surface area contributed by atoms with Gasteiger partial charge in [0.1, 0.15) is 17.3 Å². The van der Waals surface area contributed by atoms with Gasteiger partial charge in [-0.1, -0.05) is 11.6 Å². The van der Waals surface area contributed by atoms with Gasteiger partial charge in [-0.15, -0.1) is 0 Å². The number of rotatable bonds is 4. The predicted molar refractivity (Wildman–Crippen MR) is 79.7 cm³/mol. The van der Waals surface area contributed by atoms with Gasteiger partial charge < -0.3 is 10.5 Å². The van der Waals surface area contributed by atoms with E-state index in [9.17, 15) is 30.8 Å². The second kappa shape index (κ2) is 6.52. The average Bonchev–Trinajstić information content (AvgIpc) is 2.44. The summed E-state index contributed by atoms with van der Waals surface area (Å²) in [4.78, 5) is 10.3. The van der Waals surface area contributed by atoms with Crippen LogP contribution in [0.4, 0.5) is 17.6 Å². The van der Waals surface area contributed by atoms with Gasteiger partial charge in [-0.2, -0.15) is 13.2 Å². The van der Waals surface area contributed by atoms with Gasteiger partial charge in [0.05, 0.1) is 10.5 Å². The Kier molecular flexibility index (Phi) is 4.96. The van der Waals surface area contributed by atoms with E-state index in [4.69, 9.17) is 22.1 Å². The van der Waals surface area contributed by atoms with Crippen LogP contribution in [0.1, 0.15) is 10.4 Å². The lowest BCUT2D eigenvalue weighted by Crippen LogP contribution is -2.24. The first-order valence-corrected chi connectivity index (χ1v) is 8.17. The molecule has 0 aromatic heterocycles. The molecule has 0 radical (unpaired) electrons. The van der Waals surface area contributed by atoms with Gasteiger partial charge in [0.25, 0.3) is 15.7 Å². The molecule has 0 heterocycles. The first-order chi connectivity index (χ1) is 11.4. The third kappa shape index (κ3) is 4.02. The fourth-order valence-corrected chi connectivity index (χ4v) is 2.81. The molecule has 5 nitrogen and oxygen atoms in total. The third-order valence-electron chi connectivity index (χ3n) is 2.90. The van der Waals surface area contributed by atoms with E-state index in [-0.39, 0.29) is 16.5 Å². The molecule has 2 N–H and O–H groups in total. The molecule has 0 fully saturated rings. The molecule has 0 aliphatic heterocycles. The first kappa shape index (κ1) is 19.0. The zero-order valence-electron chi connectivity index (χ0n) is 12.0. The minimum atomic E-state index is -5.68. The van der Waals surface area contributed by atoms with Crippen molar-refractivity contribution in [1.29, 1.82) is 0 Å². The van der Waals surface area contributed by atoms with Crippen LogP contribution < -0.4 is 10.5 Å². The van der Waals surface area contributed by atoms with Crippen molar-refractivity contribution in [3.05, 3.63) is 52.8 Å². The number of sulfone groups is 1. The molecule has 0 bridgehead atoms. The van der Waals surface area contributed by atoms with Crippen molar-refractivity contribution in [2.24, 2.45) is 5.73 Å². The lowest BCUT2D eigenvalue weighted by molar-refractivity contribution is -0.0436. The molecule has 25 heavy (non-hydrogen) atoms. The summed E-state index contributed by atoms with van der Waals surface area (Å²) in [5.74, 6) is -2.54. The number of halogens is 5. The molecule has 2 aromatic rings. The van der Waals surface area contributed by atoms with Crippen LogP contribution in [0.25, 0.3) is 0 Å². The average molecular weight is 398 g/mol. The molecule has 11 heteroatoms. The number of carbonyl (C=O) groups excluding carboxylic acids is 1. The van der Waals surface area contributed by atoms with Crippen molar-refractivity contribution in [3.8, 4) is 11.5 Å². The van der Waals surface area contributed by atoms with Gasteiger partial charge in [-0.3, -0.25) is 4.79 Å². The van der Waals surface area contributed by atoms with Crippen LogP contribution in [-0.4, -0.2) is 19.8 Å². The summed E-state index contributed by atoms with van der Waals surface area (Å²) in [6.45, 7) is 0. The number of hydrogen-bond donors (Lipinski definition) is 1. The Labute approximate surface area is 143 Å². The normalized spacial score (nSPS) is 12.0. The molecule has 134 valence electrons. The minimum absolute atomic E-state index is 0.0353. The van der Waals surface area contributed by atoms with Gasteiger partial charge in [-0.25, -0.2) is 12.8 Å². The van der Waals surface area contributed by atoms with E-state index < -0.39 is 37.5 Å². The summed E-state index contributed by atoms with van der Waals surface area (Å²) in [6.07, 6.45) is 0. The fraction of sp³-hybridized carbons (Fsp3) is 0.0714. The Morgan fingerprint density at radius 3 is 2.28 bits per heavy atom. The van der Waals surface area contributed by atoms with Crippen molar-refractivity contribution >= 4 is 27.3 Å². The summed E-state index contributed by atoms with van der Waals surface area (Å²) in [5.41, 5.74) is -1.13. The van der Waals surface area contributed by atoms with Crippen molar-refractivity contribution in [1.82, 2.24) is 0 Å². The number of benzene rings is 2. The summed E-state index contributed by atoms with van der Waals surface area (Å²) in [5, 5.41) is -0.0353. The maximum atomic E-state index is 13.3. The molecule has 0 aliphatic carbocycles. The van der Waals surface area contributed by atoms with Crippen LogP contribution in [0.5, 0.6) is 11.5 Å². The highest BCUT2D eigenvalue weighted by molar-refractivity contribution is 7.92. The van der Waals surface area contributed by atoms with E-state index in [2.05, 4.69) is 0 Å². The number of hydrogen-bond acceptors (Lipinski definition) is 4. The van der Waals surface area contributed by atoms with Crippen molar-refractivity contribution in [3.63, 3.8) is 0 Å². The summed E-state index contributed by atoms with van der Waals surface area (Å²) in [7, 11) is -5.68. The second-order valence-corrected chi connectivity index (χ2v) is 7.06. The largest absolute Gasteiger partial charge is 0.501 e. The minimum Gasteiger partial charge on any atom is -0.456 e. The zero-order valence-corrected chi connectivity index (χ0v) is 13.5. The number of primary amides is 1. The SMILES string of the molecule is NC(=O)c1cc(S(=O)(=O)C(F)(F)F)ccc1Oc1cc(F)cc(Cl)c1. The van der Waals surface area contributed by atoms with Crippen molar-refractivity contribution < 1.29 is 35.5 Å². The summed E-state index contributed by atoms with van der Waals surface area (Å²) in [6, 6.07) is 4.87. The highest BCUT2D eigenvalue weighted by Gasteiger charge is 2.47. The third-order valence-corrected chi connectivity index (χ3v) is 4.60. The number of ether oxygens (including phenoxy) is 1. The number of carbonyl (C=O) groups is 1.